The first-order valence-electron chi connectivity index (χ1n) is 5.86. The number of carboxylic acids is 1. The normalized spacial score (nSPS) is 12.6. The Labute approximate surface area is 131 Å². The van der Waals surface area contributed by atoms with Crippen LogP contribution in [0.1, 0.15) is 26.7 Å². The van der Waals surface area contributed by atoms with Crippen LogP contribution in [-0.2, 0) is 14.8 Å². The average Bonchev–Trinajstić information content (AvgIpc) is 2.71. The molecule has 1 aromatic rings. The van der Waals surface area contributed by atoms with Crippen LogP contribution in [0.15, 0.2) is 11.0 Å². The van der Waals surface area contributed by atoms with Crippen molar-refractivity contribution in [2.45, 2.75) is 31.6 Å². The van der Waals surface area contributed by atoms with Gasteiger partial charge in [0.25, 0.3) is 0 Å². The standard InChI is InChI=1S/C11H15Cl2NO4S2/c1-3-11(4-2,10(15)16)6-14-20(17,18)7-5-8(12)19-9(7)13/h5,14H,3-4,6H2,1-2H3,(H,15,16). The minimum atomic E-state index is -3.88. The third-order valence-corrected chi connectivity index (χ3v) is 6.48. The quantitative estimate of drug-likeness (QED) is 0.782. The van der Waals surface area contributed by atoms with Crippen molar-refractivity contribution in [2.75, 3.05) is 6.54 Å². The third kappa shape index (κ3) is 3.65. The lowest BCUT2D eigenvalue weighted by Crippen LogP contribution is -2.42. The van der Waals surface area contributed by atoms with Crippen LogP contribution in [0.25, 0.3) is 0 Å². The molecule has 1 aromatic heterocycles. The molecule has 5 nitrogen and oxygen atoms in total. The van der Waals surface area contributed by atoms with Crippen molar-refractivity contribution in [2.24, 2.45) is 5.41 Å². The number of rotatable bonds is 7. The van der Waals surface area contributed by atoms with Crippen LogP contribution in [-0.4, -0.2) is 26.0 Å². The van der Waals surface area contributed by atoms with E-state index in [0.29, 0.717) is 12.8 Å². The summed E-state index contributed by atoms with van der Waals surface area (Å²) in [5.74, 6) is -1.03. The molecule has 114 valence electrons. The van der Waals surface area contributed by atoms with Gasteiger partial charge in [-0.1, -0.05) is 37.0 Å². The van der Waals surface area contributed by atoms with Gasteiger partial charge in [-0.3, -0.25) is 4.79 Å². The van der Waals surface area contributed by atoms with Crippen molar-refractivity contribution in [3.05, 3.63) is 14.7 Å². The molecule has 0 aliphatic carbocycles. The minimum absolute atomic E-state index is 0.0522. The van der Waals surface area contributed by atoms with Crippen LogP contribution < -0.4 is 4.72 Å². The molecule has 0 bridgehead atoms. The highest BCUT2D eigenvalue weighted by atomic mass is 35.5. The van der Waals surface area contributed by atoms with Gasteiger partial charge in [0.2, 0.25) is 10.0 Å². The van der Waals surface area contributed by atoms with E-state index >= 15 is 0 Å². The van der Waals surface area contributed by atoms with Gasteiger partial charge in [0, 0.05) is 6.54 Å². The zero-order valence-electron chi connectivity index (χ0n) is 10.9. The lowest BCUT2D eigenvalue weighted by Gasteiger charge is -2.26. The van der Waals surface area contributed by atoms with Crippen LogP contribution in [0.2, 0.25) is 8.67 Å². The fraction of sp³-hybridized carbons (Fsp3) is 0.545. The summed E-state index contributed by atoms with van der Waals surface area (Å²) in [4.78, 5) is 11.2. The van der Waals surface area contributed by atoms with E-state index in [1.54, 1.807) is 13.8 Å². The summed E-state index contributed by atoms with van der Waals surface area (Å²) in [6, 6.07) is 1.25. The Morgan fingerprint density at radius 3 is 2.30 bits per heavy atom. The van der Waals surface area contributed by atoms with Gasteiger partial charge in [0.15, 0.2) is 0 Å². The zero-order chi connectivity index (χ0) is 15.6. The molecule has 0 saturated heterocycles. The van der Waals surface area contributed by atoms with Crippen molar-refractivity contribution in [1.82, 2.24) is 4.72 Å². The molecule has 1 heterocycles. The molecule has 2 N–H and O–H groups in total. The van der Waals surface area contributed by atoms with E-state index in [0.717, 1.165) is 11.3 Å². The molecule has 9 heteroatoms. The smallest absolute Gasteiger partial charge is 0.310 e. The number of halogens is 2. The van der Waals surface area contributed by atoms with Gasteiger partial charge in [0.1, 0.15) is 9.23 Å². The van der Waals surface area contributed by atoms with E-state index in [1.807, 2.05) is 0 Å². The van der Waals surface area contributed by atoms with E-state index in [4.69, 9.17) is 23.2 Å². The van der Waals surface area contributed by atoms with Crippen LogP contribution in [0.3, 0.4) is 0 Å². The highest BCUT2D eigenvalue weighted by Gasteiger charge is 2.36. The first kappa shape index (κ1) is 17.7. The summed E-state index contributed by atoms with van der Waals surface area (Å²) in [6.07, 6.45) is 0.638. The van der Waals surface area contributed by atoms with Gasteiger partial charge in [0.05, 0.1) is 9.75 Å². The number of carbonyl (C=O) groups is 1. The van der Waals surface area contributed by atoms with Crippen molar-refractivity contribution in [3.63, 3.8) is 0 Å². The second-order valence-corrected chi connectivity index (χ2v) is 8.33. The van der Waals surface area contributed by atoms with Crippen LogP contribution in [0.4, 0.5) is 0 Å². The van der Waals surface area contributed by atoms with Gasteiger partial charge in [-0.2, -0.15) is 0 Å². The molecule has 0 fully saturated rings. The number of aliphatic carboxylic acids is 1. The summed E-state index contributed by atoms with van der Waals surface area (Å²) in [5.41, 5.74) is -1.13. The van der Waals surface area contributed by atoms with E-state index in [2.05, 4.69) is 4.72 Å². The summed E-state index contributed by atoms with van der Waals surface area (Å²) in [5, 5.41) is 9.27. The van der Waals surface area contributed by atoms with Crippen molar-refractivity contribution in [1.29, 1.82) is 0 Å². The average molecular weight is 360 g/mol. The van der Waals surface area contributed by atoms with Gasteiger partial charge < -0.3 is 5.11 Å². The molecule has 0 radical (unpaired) electrons. The molecule has 0 saturated carbocycles. The molecule has 1 rings (SSSR count). The highest BCUT2D eigenvalue weighted by Crippen LogP contribution is 2.34. The zero-order valence-corrected chi connectivity index (χ0v) is 14.1. The lowest BCUT2D eigenvalue weighted by atomic mass is 9.83. The largest absolute Gasteiger partial charge is 0.481 e. The fourth-order valence-corrected chi connectivity index (χ4v) is 4.97. The van der Waals surface area contributed by atoms with Crippen LogP contribution >= 0.6 is 34.5 Å². The number of sulfonamides is 1. The molecule has 0 aliphatic heterocycles. The maximum Gasteiger partial charge on any atom is 0.310 e. The van der Waals surface area contributed by atoms with E-state index in [1.165, 1.54) is 6.07 Å². The Balaban J connectivity index is 2.98. The van der Waals surface area contributed by atoms with Gasteiger partial charge in [-0.15, -0.1) is 11.3 Å². The number of hydrogen-bond donors (Lipinski definition) is 2. The number of carboxylic acid groups (broad SMARTS) is 1. The molecule has 0 spiro atoms. The van der Waals surface area contributed by atoms with Crippen LogP contribution in [0.5, 0.6) is 0 Å². The third-order valence-electron chi connectivity index (χ3n) is 3.32. The van der Waals surface area contributed by atoms with Crippen molar-refractivity contribution < 1.29 is 18.3 Å². The predicted molar refractivity (Wildman–Crippen MR) is 80.2 cm³/mol. The van der Waals surface area contributed by atoms with Crippen molar-refractivity contribution >= 4 is 50.5 Å². The topological polar surface area (TPSA) is 83.5 Å². The Kier molecular flexibility index (Phi) is 5.86. The molecular formula is C11H15Cl2NO4S2. The summed E-state index contributed by atoms with van der Waals surface area (Å²) in [6.45, 7) is 3.22. The Bertz CT molecular complexity index is 594. The summed E-state index contributed by atoms with van der Waals surface area (Å²) < 4.78 is 26.9. The second kappa shape index (κ2) is 6.62. The Morgan fingerprint density at radius 1 is 1.40 bits per heavy atom. The van der Waals surface area contributed by atoms with E-state index in [-0.39, 0.29) is 20.1 Å². The van der Waals surface area contributed by atoms with Gasteiger partial charge >= 0.3 is 5.97 Å². The maximum absolute atomic E-state index is 12.1. The van der Waals surface area contributed by atoms with Gasteiger partial charge in [-0.05, 0) is 18.9 Å². The molecule has 0 amide bonds. The van der Waals surface area contributed by atoms with Crippen molar-refractivity contribution in [3.8, 4) is 0 Å². The predicted octanol–water partition coefficient (Wildman–Crippen LogP) is 3.22. The molecule has 0 atom stereocenters. The van der Waals surface area contributed by atoms with Gasteiger partial charge in [-0.25, -0.2) is 13.1 Å². The number of hydrogen-bond acceptors (Lipinski definition) is 4. The summed E-state index contributed by atoms with van der Waals surface area (Å²) in [7, 11) is -3.88. The number of nitrogens with one attached hydrogen (secondary N) is 1. The molecule has 0 aliphatic rings. The minimum Gasteiger partial charge on any atom is -0.481 e. The molecular weight excluding hydrogens is 345 g/mol. The lowest BCUT2D eigenvalue weighted by molar-refractivity contribution is -0.149. The van der Waals surface area contributed by atoms with E-state index < -0.39 is 21.4 Å². The second-order valence-electron chi connectivity index (χ2n) is 4.31. The SMILES string of the molecule is CCC(CC)(CNS(=O)(=O)c1cc(Cl)sc1Cl)C(=O)O. The van der Waals surface area contributed by atoms with E-state index in [9.17, 15) is 18.3 Å². The fourth-order valence-electron chi connectivity index (χ4n) is 1.70. The first-order chi connectivity index (χ1) is 9.18. The maximum atomic E-state index is 12.1. The molecule has 0 unspecified atom stereocenters. The Morgan fingerprint density at radius 2 is 1.95 bits per heavy atom. The molecule has 0 aromatic carbocycles. The highest BCUT2D eigenvalue weighted by molar-refractivity contribution is 7.89. The summed E-state index contributed by atoms with van der Waals surface area (Å²) >= 11 is 12.5. The first-order valence-corrected chi connectivity index (χ1v) is 8.92. The number of thiophene rings is 1. The molecule has 20 heavy (non-hydrogen) atoms. The van der Waals surface area contributed by atoms with Crippen LogP contribution in [0, 0.1) is 5.41 Å². The monoisotopic (exact) mass is 359 g/mol. The Hall–Kier alpha value is -0.340.